The molecule has 0 bridgehead atoms. The summed E-state index contributed by atoms with van der Waals surface area (Å²) in [4.78, 5) is 11.8. The zero-order valence-electron chi connectivity index (χ0n) is 11.1. The number of carbonyl (C=O) groups excluding carboxylic acids is 1. The minimum atomic E-state index is -0.435. The van der Waals surface area contributed by atoms with Gasteiger partial charge in [-0.1, -0.05) is 12.8 Å². The van der Waals surface area contributed by atoms with Crippen molar-refractivity contribution in [3.8, 4) is 5.75 Å². The molecule has 104 valence electrons. The highest BCUT2D eigenvalue weighted by Gasteiger charge is 2.24. The van der Waals surface area contributed by atoms with E-state index in [9.17, 15) is 9.90 Å². The Morgan fingerprint density at radius 3 is 2.58 bits per heavy atom. The number of aliphatic hydroxyl groups is 1. The first-order chi connectivity index (χ1) is 9.19. The molecule has 1 aliphatic rings. The van der Waals surface area contributed by atoms with E-state index in [0.29, 0.717) is 5.69 Å². The van der Waals surface area contributed by atoms with E-state index in [0.717, 1.165) is 31.4 Å². The van der Waals surface area contributed by atoms with Crippen LogP contribution in [-0.4, -0.2) is 30.4 Å². The average Bonchev–Trinajstić information content (AvgIpc) is 2.42. The lowest BCUT2D eigenvalue weighted by Gasteiger charge is -2.28. The summed E-state index contributed by atoms with van der Waals surface area (Å²) in [6.45, 7) is 0. The Labute approximate surface area is 113 Å². The number of ether oxygens (including phenoxy) is 1. The number of hydrogen-bond acceptors (Lipinski definition) is 3. The molecule has 0 spiro atoms. The molecule has 1 aliphatic carbocycles. The van der Waals surface area contributed by atoms with Crippen molar-refractivity contribution in [1.82, 2.24) is 5.32 Å². The van der Waals surface area contributed by atoms with E-state index in [1.807, 2.05) is 0 Å². The number of urea groups is 1. The summed E-state index contributed by atoms with van der Waals surface area (Å²) in [6.07, 6.45) is 3.23. The van der Waals surface area contributed by atoms with Crippen molar-refractivity contribution >= 4 is 11.7 Å². The van der Waals surface area contributed by atoms with E-state index >= 15 is 0 Å². The molecule has 5 nitrogen and oxygen atoms in total. The number of benzene rings is 1. The van der Waals surface area contributed by atoms with Crippen LogP contribution in [0.25, 0.3) is 0 Å². The molecule has 1 aromatic rings. The molecule has 1 aromatic carbocycles. The maximum absolute atomic E-state index is 11.8. The van der Waals surface area contributed by atoms with E-state index in [1.165, 1.54) is 0 Å². The van der Waals surface area contributed by atoms with Crippen LogP contribution in [0, 0.1) is 0 Å². The summed E-state index contributed by atoms with van der Waals surface area (Å²) in [5, 5.41) is 15.4. The number of hydrogen-bond donors (Lipinski definition) is 3. The Balaban J connectivity index is 1.86. The van der Waals surface area contributed by atoms with E-state index < -0.39 is 6.10 Å². The van der Waals surface area contributed by atoms with Gasteiger partial charge in [-0.05, 0) is 37.1 Å². The number of nitrogens with one attached hydrogen (secondary N) is 2. The van der Waals surface area contributed by atoms with E-state index in [4.69, 9.17) is 4.74 Å². The third-order valence-corrected chi connectivity index (χ3v) is 3.39. The van der Waals surface area contributed by atoms with Crippen molar-refractivity contribution < 1.29 is 14.6 Å². The number of anilines is 1. The highest BCUT2D eigenvalue weighted by atomic mass is 16.5. The highest BCUT2D eigenvalue weighted by molar-refractivity contribution is 5.89. The standard InChI is InChI=1S/C14H20N2O3/c1-19-11-8-6-10(7-9-11)15-14(18)16-12-4-2-3-5-13(12)17/h6-9,12-13,17H,2-5H2,1H3,(H2,15,16,18)/t12-,13-/m1/s1. The topological polar surface area (TPSA) is 70.6 Å². The minimum Gasteiger partial charge on any atom is -0.497 e. The summed E-state index contributed by atoms with van der Waals surface area (Å²) in [5.74, 6) is 0.744. The largest absolute Gasteiger partial charge is 0.497 e. The van der Waals surface area contributed by atoms with Gasteiger partial charge in [-0.25, -0.2) is 4.79 Å². The molecular formula is C14H20N2O3. The van der Waals surface area contributed by atoms with Crippen LogP contribution in [0.4, 0.5) is 10.5 Å². The maximum atomic E-state index is 11.8. The monoisotopic (exact) mass is 264 g/mol. The van der Waals surface area contributed by atoms with Gasteiger partial charge in [0.25, 0.3) is 0 Å². The van der Waals surface area contributed by atoms with Crippen molar-refractivity contribution in [3.63, 3.8) is 0 Å². The van der Waals surface area contributed by atoms with Crippen LogP contribution in [0.2, 0.25) is 0 Å². The van der Waals surface area contributed by atoms with E-state index in [-0.39, 0.29) is 12.1 Å². The highest BCUT2D eigenvalue weighted by Crippen LogP contribution is 2.19. The molecule has 0 saturated heterocycles. The van der Waals surface area contributed by atoms with Crippen molar-refractivity contribution in [2.24, 2.45) is 0 Å². The number of rotatable bonds is 3. The molecule has 3 N–H and O–H groups in total. The first-order valence-electron chi connectivity index (χ1n) is 6.58. The Hall–Kier alpha value is -1.75. The Morgan fingerprint density at radius 1 is 1.26 bits per heavy atom. The van der Waals surface area contributed by atoms with Crippen LogP contribution < -0.4 is 15.4 Å². The molecule has 0 unspecified atom stereocenters. The summed E-state index contributed by atoms with van der Waals surface area (Å²) in [7, 11) is 1.60. The Kier molecular flexibility index (Phi) is 4.63. The van der Waals surface area contributed by atoms with E-state index in [1.54, 1.807) is 31.4 Å². The number of carbonyl (C=O) groups is 1. The van der Waals surface area contributed by atoms with Crippen molar-refractivity contribution in [1.29, 1.82) is 0 Å². The molecule has 0 aliphatic heterocycles. The smallest absolute Gasteiger partial charge is 0.319 e. The third-order valence-electron chi connectivity index (χ3n) is 3.39. The van der Waals surface area contributed by atoms with Crippen molar-refractivity contribution in [3.05, 3.63) is 24.3 Å². The van der Waals surface area contributed by atoms with Gasteiger partial charge in [0.1, 0.15) is 5.75 Å². The van der Waals surface area contributed by atoms with Gasteiger partial charge in [-0.3, -0.25) is 0 Å². The fraction of sp³-hybridized carbons (Fsp3) is 0.500. The number of aliphatic hydroxyl groups excluding tert-OH is 1. The molecule has 0 aromatic heterocycles. The molecule has 5 heteroatoms. The second-order valence-corrected chi connectivity index (χ2v) is 4.79. The first kappa shape index (κ1) is 13.7. The van der Waals surface area contributed by atoms with Crippen LogP contribution >= 0.6 is 0 Å². The van der Waals surface area contributed by atoms with Gasteiger partial charge in [0.05, 0.1) is 19.3 Å². The third kappa shape index (κ3) is 3.86. The molecule has 2 amide bonds. The predicted molar refractivity (Wildman–Crippen MR) is 73.4 cm³/mol. The zero-order chi connectivity index (χ0) is 13.7. The van der Waals surface area contributed by atoms with Crippen molar-refractivity contribution in [2.75, 3.05) is 12.4 Å². The minimum absolute atomic E-state index is 0.146. The van der Waals surface area contributed by atoms with Gasteiger partial charge in [0.2, 0.25) is 0 Å². The zero-order valence-corrected chi connectivity index (χ0v) is 11.1. The van der Waals surface area contributed by atoms with Gasteiger partial charge in [0, 0.05) is 5.69 Å². The Morgan fingerprint density at radius 2 is 1.95 bits per heavy atom. The van der Waals surface area contributed by atoms with Gasteiger partial charge in [-0.2, -0.15) is 0 Å². The number of amides is 2. The fourth-order valence-corrected chi connectivity index (χ4v) is 2.29. The number of methoxy groups -OCH3 is 1. The average molecular weight is 264 g/mol. The van der Waals surface area contributed by atoms with Gasteiger partial charge in [-0.15, -0.1) is 0 Å². The van der Waals surface area contributed by atoms with E-state index in [2.05, 4.69) is 10.6 Å². The lowest BCUT2D eigenvalue weighted by atomic mass is 9.93. The molecule has 1 fully saturated rings. The van der Waals surface area contributed by atoms with Crippen LogP contribution in [0.5, 0.6) is 5.75 Å². The SMILES string of the molecule is COc1ccc(NC(=O)N[C@@H]2CCCC[C@H]2O)cc1. The van der Waals surface area contributed by atoms with Gasteiger partial charge < -0.3 is 20.5 Å². The second-order valence-electron chi connectivity index (χ2n) is 4.79. The molecule has 2 rings (SSSR count). The summed E-state index contributed by atoms with van der Waals surface area (Å²) < 4.78 is 5.05. The van der Waals surface area contributed by atoms with Crippen LogP contribution in [0.3, 0.4) is 0 Å². The first-order valence-corrected chi connectivity index (χ1v) is 6.58. The summed E-state index contributed by atoms with van der Waals surface area (Å²) >= 11 is 0. The van der Waals surface area contributed by atoms with Gasteiger partial charge >= 0.3 is 6.03 Å². The van der Waals surface area contributed by atoms with Crippen molar-refractivity contribution in [2.45, 2.75) is 37.8 Å². The molecule has 0 radical (unpaired) electrons. The maximum Gasteiger partial charge on any atom is 0.319 e. The van der Waals surface area contributed by atoms with Crippen LogP contribution in [0.15, 0.2) is 24.3 Å². The summed E-state index contributed by atoms with van der Waals surface area (Å²) in [5.41, 5.74) is 0.698. The molecule has 1 saturated carbocycles. The summed E-state index contributed by atoms with van der Waals surface area (Å²) in [6, 6.07) is 6.68. The van der Waals surface area contributed by atoms with Gasteiger partial charge in [0.15, 0.2) is 0 Å². The molecule has 0 heterocycles. The lowest BCUT2D eigenvalue weighted by molar-refractivity contribution is 0.0955. The van der Waals surface area contributed by atoms with Crippen LogP contribution in [-0.2, 0) is 0 Å². The molecule has 2 atom stereocenters. The Bertz CT molecular complexity index is 419. The fourth-order valence-electron chi connectivity index (χ4n) is 2.29. The predicted octanol–water partition coefficient (Wildman–Crippen LogP) is 2.12. The normalized spacial score (nSPS) is 22.6. The molecular weight excluding hydrogens is 244 g/mol. The molecule has 19 heavy (non-hydrogen) atoms. The quantitative estimate of drug-likeness (QED) is 0.783. The van der Waals surface area contributed by atoms with Crippen LogP contribution in [0.1, 0.15) is 25.7 Å². The lowest BCUT2D eigenvalue weighted by Crippen LogP contribution is -2.46. The second kappa shape index (κ2) is 6.43.